The third kappa shape index (κ3) is 3.76. The molecule has 5 rings (SSSR count). The van der Waals surface area contributed by atoms with Crippen molar-refractivity contribution in [2.45, 2.75) is 12.5 Å². The fourth-order valence-electron chi connectivity index (χ4n) is 3.96. The summed E-state index contributed by atoms with van der Waals surface area (Å²) in [7, 11) is 3.15. The Balaban J connectivity index is 1.64. The van der Waals surface area contributed by atoms with Crippen molar-refractivity contribution < 1.29 is 19.4 Å². The minimum Gasteiger partial charge on any atom is -0.508 e. The van der Waals surface area contributed by atoms with E-state index in [9.17, 15) is 9.90 Å². The standard InChI is InChI=1S/C25H22N4O4/c1-32-19-11-8-16(14-20(19)33-2)24-26-18(13-15-6-9-17(30)10-7-15)23(31)22-25(28-24)27-21-5-3-4-12-29(21)22/h3-12,14,18,30H,13H2,1-2H3,(H,26,28)/t18-/m0/s1. The summed E-state index contributed by atoms with van der Waals surface area (Å²) in [5.74, 6) is 2.15. The molecule has 3 heterocycles. The van der Waals surface area contributed by atoms with Crippen LogP contribution in [0.5, 0.6) is 17.2 Å². The van der Waals surface area contributed by atoms with Crippen LogP contribution < -0.4 is 14.8 Å². The molecule has 2 aromatic heterocycles. The summed E-state index contributed by atoms with van der Waals surface area (Å²) in [6, 6.07) is 17.2. The van der Waals surface area contributed by atoms with Crippen molar-refractivity contribution >= 4 is 23.1 Å². The molecule has 0 bridgehead atoms. The number of nitrogens with zero attached hydrogens (tertiary/aromatic N) is 3. The number of anilines is 1. The minimum absolute atomic E-state index is 0.139. The van der Waals surface area contributed by atoms with Crippen molar-refractivity contribution in [3.63, 3.8) is 0 Å². The van der Waals surface area contributed by atoms with E-state index in [4.69, 9.17) is 14.5 Å². The monoisotopic (exact) mass is 442 g/mol. The fourth-order valence-corrected chi connectivity index (χ4v) is 3.96. The maximum absolute atomic E-state index is 13.7. The number of Topliss-reactive ketones (excluding diaryl/α,β-unsaturated/α-hetero) is 1. The molecule has 0 saturated carbocycles. The Kier molecular flexibility index (Phi) is 5.18. The number of fused-ring (bicyclic) bond motifs is 3. The number of carbonyl (C=O) groups is 1. The highest BCUT2D eigenvalue weighted by Crippen LogP contribution is 2.30. The van der Waals surface area contributed by atoms with E-state index in [1.807, 2.05) is 36.5 Å². The van der Waals surface area contributed by atoms with Gasteiger partial charge in [0.05, 0.1) is 14.2 Å². The van der Waals surface area contributed by atoms with Crippen LogP contribution in [0.4, 0.5) is 5.82 Å². The van der Waals surface area contributed by atoms with Gasteiger partial charge in [-0.3, -0.25) is 14.2 Å². The van der Waals surface area contributed by atoms with Crippen LogP contribution in [-0.2, 0) is 6.42 Å². The zero-order chi connectivity index (χ0) is 22.9. The first kappa shape index (κ1) is 20.6. The van der Waals surface area contributed by atoms with E-state index in [-0.39, 0.29) is 11.5 Å². The van der Waals surface area contributed by atoms with Crippen LogP contribution in [0.1, 0.15) is 21.6 Å². The first-order chi connectivity index (χ1) is 16.1. The van der Waals surface area contributed by atoms with Crippen molar-refractivity contribution in [3.8, 4) is 17.2 Å². The second kappa shape index (κ2) is 8.31. The fraction of sp³-hybridized carbons (Fsp3) is 0.160. The molecule has 2 aromatic carbocycles. The van der Waals surface area contributed by atoms with Gasteiger partial charge in [0.2, 0.25) is 5.78 Å². The predicted molar refractivity (Wildman–Crippen MR) is 125 cm³/mol. The molecule has 1 aliphatic rings. The van der Waals surface area contributed by atoms with Gasteiger partial charge in [0.1, 0.15) is 29.0 Å². The number of methoxy groups -OCH3 is 2. The molecule has 0 spiro atoms. The number of aromatic nitrogens is 2. The number of imidazole rings is 1. The first-order valence-electron chi connectivity index (χ1n) is 10.4. The summed E-state index contributed by atoms with van der Waals surface area (Å²) in [5.41, 5.74) is 2.74. The van der Waals surface area contributed by atoms with Crippen LogP contribution in [0.3, 0.4) is 0 Å². The highest BCUT2D eigenvalue weighted by Gasteiger charge is 2.31. The molecule has 1 aliphatic heterocycles. The maximum atomic E-state index is 13.7. The van der Waals surface area contributed by atoms with Crippen molar-refractivity contribution in [3.05, 3.63) is 83.7 Å². The third-order valence-corrected chi connectivity index (χ3v) is 5.61. The number of phenols is 1. The molecule has 4 aromatic rings. The normalized spacial score (nSPS) is 15.4. The number of hydrogen-bond acceptors (Lipinski definition) is 7. The van der Waals surface area contributed by atoms with E-state index >= 15 is 0 Å². The Morgan fingerprint density at radius 2 is 1.82 bits per heavy atom. The second-order valence-electron chi connectivity index (χ2n) is 7.66. The number of rotatable bonds is 5. The van der Waals surface area contributed by atoms with Crippen LogP contribution in [0.2, 0.25) is 0 Å². The average molecular weight is 442 g/mol. The number of carbonyl (C=O) groups excluding carboxylic acids is 1. The summed E-state index contributed by atoms with van der Waals surface area (Å²) in [6.07, 6.45) is 2.19. The molecule has 0 unspecified atom stereocenters. The molecule has 2 N–H and O–H groups in total. The molecular formula is C25H22N4O4. The van der Waals surface area contributed by atoms with E-state index < -0.39 is 6.04 Å². The lowest BCUT2D eigenvalue weighted by Gasteiger charge is -2.13. The molecule has 1 atom stereocenters. The van der Waals surface area contributed by atoms with E-state index in [1.165, 1.54) is 0 Å². The zero-order valence-corrected chi connectivity index (χ0v) is 18.1. The quantitative estimate of drug-likeness (QED) is 0.489. The largest absolute Gasteiger partial charge is 0.508 e. The maximum Gasteiger partial charge on any atom is 0.208 e. The minimum atomic E-state index is -0.688. The molecule has 8 heteroatoms. The van der Waals surface area contributed by atoms with Crippen molar-refractivity contribution in [1.29, 1.82) is 0 Å². The predicted octanol–water partition coefficient (Wildman–Crippen LogP) is 3.72. The number of benzene rings is 2. The molecule has 0 saturated heterocycles. The Hall–Kier alpha value is -4.33. The van der Waals surface area contributed by atoms with E-state index in [0.29, 0.717) is 40.9 Å². The Morgan fingerprint density at radius 3 is 2.58 bits per heavy atom. The number of ketones is 1. The van der Waals surface area contributed by atoms with Gasteiger partial charge < -0.3 is 19.9 Å². The summed E-state index contributed by atoms with van der Waals surface area (Å²) in [4.78, 5) is 23.1. The second-order valence-corrected chi connectivity index (χ2v) is 7.66. The number of ether oxygens (including phenoxy) is 2. The lowest BCUT2D eigenvalue weighted by Crippen LogP contribution is -2.23. The van der Waals surface area contributed by atoms with Crippen molar-refractivity contribution in [2.75, 3.05) is 19.5 Å². The first-order valence-corrected chi connectivity index (χ1v) is 10.4. The number of pyridine rings is 1. The van der Waals surface area contributed by atoms with Crippen LogP contribution >= 0.6 is 0 Å². The van der Waals surface area contributed by atoms with E-state index in [1.54, 1.807) is 49.0 Å². The number of nitrogens with one attached hydrogen (secondary N) is 1. The highest BCUT2D eigenvalue weighted by molar-refractivity contribution is 6.16. The molecule has 0 radical (unpaired) electrons. The zero-order valence-electron chi connectivity index (χ0n) is 18.1. The van der Waals surface area contributed by atoms with Gasteiger partial charge in [-0.05, 0) is 48.0 Å². The Labute approximate surface area is 190 Å². The van der Waals surface area contributed by atoms with Gasteiger partial charge in [0.15, 0.2) is 17.3 Å². The van der Waals surface area contributed by atoms with Gasteiger partial charge in [-0.15, -0.1) is 0 Å². The molecule has 33 heavy (non-hydrogen) atoms. The summed E-state index contributed by atoms with van der Waals surface area (Å²) < 4.78 is 12.6. The highest BCUT2D eigenvalue weighted by atomic mass is 16.5. The Bertz CT molecular complexity index is 1380. The van der Waals surface area contributed by atoms with Gasteiger partial charge in [0, 0.05) is 18.2 Å². The van der Waals surface area contributed by atoms with E-state index in [0.717, 1.165) is 11.1 Å². The van der Waals surface area contributed by atoms with Crippen molar-refractivity contribution in [1.82, 2.24) is 9.38 Å². The van der Waals surface area contributed by atoms with Gasteiger partial charge in [-0.1, -0.05) is 18.2 Å². The topological polar surface area (TPSA) is 97.5 Å². The van der Waals surface area contributed by atoms with Crippen molar-refractivity contribution in [2.24, 2.45) is 4.99 Å². The molecule has 8 nitrogen and oxygen atoms in total. The molecular weight excluding hydrogens is 420 g/mol. The molecule has 0 aliphatic carbocycles. The number of hydrogen-bond donors (Lipinski definition) is 2. The molecule has 0 fully saturated rings. The van der Waals surface area contributed by atoms with Crippen LogP contribution in [0.25, 0.3) is 5.65 Å². The molecule has 166 valence electrons. The van der Waals surface area contributed by atoms with Crippen LogP contribution in [0.15, 0.2) is 71.9 Å². The third-order valence-electron chi connectivity index (χ3n) is 5.61. The number of phenolic OH excluding ortho intramolecular Hbond substituents is 1. The Morgan fingerprint density at radius 1 is 1.03 bits per heavy atom. The number of aromatic hydroxyl groups is 1. The number of aliphatic imine (C=N–C) groups is 1. The van der Waals surface area contributed by atoms with Gasteiger partial charge in [-0.2, -0.15) is 0 Å². The van der Waals surface area contributed by atoms with Crippen LogP contribution in [0, 0.1) is 0 Å². The summed E-state index contributed by atoms with van der Waals surface area (Å²) in [6.45, 7) is 0. The van der Waals surface area contributed by atoms with Gasteiger partial charge in [-0.25, -0.2) is 4.98 Å². The SMILES string of the molecule is COc1ccc(C2=N[C@@H](Cc3ccc(O)cc3)C(=O)c3c(nc4ccccn34)N2)cc1OC. The van der Waals surface area contributed by atoms with E-state index in [2.05, 4.69) is 10.3 Å². The van der Waals surface area contributed by atoms with Crippen LogP contribution in [-0.4, -0.2) is 46.4 Å². The smallest absolute Gasteiger partial charge is 0.208 e. The average Bonchev–Trinajstić information content (AvgIpc) is 3.15. The number of amidine groups is 1. The van der Waals surface area contributed by atoms with Gasteiger partial charge >= 0.3 is 0 Å². The molecule has 0 amide bonds. The summed E-state index contributed by atoms with van der Waals surface area (Å²) in [5, 5.41) is 12.9. The lowest BCUT2D eigenvalue weighted by atomic mass is 10.0. The van der Waals surface area contributed by atoms with Gasteiger partial charge in [0.25, 0.3) is 0 Å². The summed E-state index contributed by atoms with van der Waals surface area (Å²) >= 11 is 0. The lowest BCUT2D eigenvalue weighted by molar-refractivity contribution is 0.0958.